The highest BCUT2D eigenvalue weighted by Crippen LogP contribution is 2.45. The van der Waals surface area contributed by atoms with Gasteiger partial charge in [0.15, 0.2) is 0 Å². The van der Waals surface area contributed by atoms with Crippen molar-refractivity contribution in [3.63, 3.8) is 0 Å². The van der Waals surface area contributed by atoms with Crippen molar-refractivity contribution < 1.29 is 9.15 Å². The second-order valence-corrected chi connectivity index (χ2v) is 7.54. The summed E-state index contributed by atoms with van der Waals surface area (Å²) in [5, 5.41) is 0.915. The largest absolute Gasteiger partial charge is 0.492 e. The first-order valence-electron chi connectivity index (χ1n) is 9.04. The molecule has 1 aliphatic heterocycles. The SMILES string of the molecule is CC(COc1ccc2ccc(=O)oc2c1)N1CCC2(CCCC2)C1. The summed E-state index contributed by atoms with van der Waals surface area (Å²) in [4.78, 5) is 13.9. The molecular weight excluding hydrogens is 302 g/mol. The van der Waals surface area contributed by atoms with E-state index in [9.17, 15) is 4.79 Å². The molecule has 0 bridgehead atoms. The maximum absolute atomic E-state index is 11.3. The summed E-state index contributed by atoms with van der Waals surface area (Å²) in [6.07, 6.45) is 6.96. The number of ether oxygens (including phenoxy) is 1. The van der Waals surface area contributed by atoms with E-state index in [-0.39, 0.29) is 5.63 Å². The van der Waals surface area contributed by atoms with Gasteiger partial charge in [-0.1, -0.05) is 12.8 Å². The van der Waals surface area contributed by atoms with Gasteiger partial charge >= 0.3 is 5.63 Å². The van der Waals surface area contributed by atoms with Gasteiger partial charge in [0.2, 0.25) is 0 Å². The maximum Gasteiger partial charge on any atom is 0.336 e. The molecule has 1 spiro atoms. The molecule has 1 unspecified atom stereocenters. The molecule has 0 N–H and O–H groups in total. The minimum atomic E-state index is -0.327. The lowest BCUT2D eigenvalue weighted by Gasteiger charge is -2.27. The highest BCUT2D eigenvalue weighted by molar-refractivity contribution is 5.77. The molecule has 0 radical (unpaired) electrons. The fourth-order valence-electron chi connectivity index (χ4n) is 4.33. The van der Waals surface area contributed by atoms with Crippen LogP contribution in [0.5, 0.6) is 5.75 Å². The molecule has 1 aliphatic carbocycles. The van der Waals surface area contributed by atoms with Gasteiger partial charge in [-0.05, 0) is 56.3 Å². The number of likely N-dealkylation sites (tertiary alicyclic amines) is 1. The van der Waals surface area contributed by atoms with Crippen LogP contribution in [-0.2, 0) is 0 Å². The van der Waals surface area contributed by atoms with Crippen LogP contribution in [0.15, 0.2) is 39.5 Å². The molecule has 1 aromatic carbocycles. The summed E-state index contributed by atoms with van der Waals surface area (Å²) >= 11 is 0. The van der Waals surface area contributed by atoms with Crippen LogP contribution in [0, 0.1) is 5.41 Å². The third-order valence-corrected chi connectivity index (χ3v) is 5.84. The molecule has 4 rings (SSSR count). The summed E-state index contributed by atoms with van der Waals surface area (Å²) in [6.45, 7) is 5.33. The van der Waals surface area contributed by atoms with Crippen molar-refractivity contribution in [1.29, 1.82) is 0 Å². The Balaban J connectivity index is 1.38. The average Bonchev–Trinajstić information content (AvgIpc) is 3.22. The van der Waals surface area contributed by atoms with E-state index in [1.807, 2.05) is 18.2 Å². The van der Waals surface area contributed by atoms with Gasteiger partial charge in [-0.2, -0.15) is 0 Å². The van der Waals surface area contributed by atoms with E-state index < -0.39 is 0 Å². The van der Waals surface area contributed by atoms with Crippen molar-refractivity contribution in [2.24, 2.45) is 5.41 Å². The second-order valence-electron chi connectivity index (χ2n) is 7.54. The van der Waals surface area contributed by atoms with Crippen LogP contribution in [0.3, 0.4) is 0 Å². The number of nitrogens with zero attached hydrogens (tertiary/aromatic N) is 1. The van der Waals surface area contributed by atoms with E-state index >= 15 is 0 Å². The Morgan fingerprint density at radius 3 is 2.83 bits per heavy atom. The van der Waals surface area contributed by atoms with Crippen molar-refractivity contribution in [2.75, 3.05) is 19.7 Å². The van der Waals surface area contributed by atoms with Gasteiger partial charge in [-0.15, -0.1) is 0 Å². The first-order chi connectivity index (χ1) is 11.6. The smallest absolute Gasteiger partial charge is 0.336 e. The van der Waals surface area contributed by atoms with Crippen molar-refractivity contribution in [3.8, 4) is 5.75 Å². The first kappa shape index (κ1) is 15.7. The molecule has 2 heterocycles. The zero-order chi connectivity index (χ0) is 16.6. The van der Waals surface area contributed by atoms with Crippen LogP contribution in [-0.4, -0.2) is 30.6 Å². The lowest BCUT2D eigenvalue weighted by Crippen LogP contribution is -2.37. The van der Waals surface area contributed by atoms with Crippen molar-refractivity contribution in [2.45, 2.75) is 45.1 Å². The van der Waals surface area contributed by atoms with Crippen molar-refractivity contribution in [3.05, 3.63) is 40.8 Å². The topological polar surface area (TPSA) is 42.7 Å². The van der Waals surface area contributed by atoms with Gasteiger partial charge in [0, 0.05) is 30.1 Å². The summed E-state index contributed by atoms with van der Waals surface area (Å²) < 4.78 is 11.2. The molecule has 1 atom stereocenters. The summed E-state index contributed by atoms with van der Waals surface area (Å²) in [5.74, 6) is 0.762. The van der Waals surface area contributed by atoms with Gasteiger partial charge in [0.05, 0.1) is 0 Å². The van der Waals surface area contributed by atoms with Crippen LogP contribution in [0.2, 0.25) is 0 Å². The predicted molar refractivity (Wildman–Crippen MR) is 94.5 cm³/mol. The Bertz CT molecular complexity index is 776. The number of rotatable bonds is 4. The normalized spacial score (nSPS) is 21.5. The lowest BCUT2D eigenvalue weighted by molar-refractivity contribution is 0.155. The van der Waals surface area contributed by atoms with Crippen LogP contribution >= 0.6 is 0 Å². The highest BCUT2D eigenvalue weighted by Gasteiger charge is 2.41. The summed E-state index contributed by atoms with van der Waals surface area (Å²) in [7, 11) is 0. The van der Waals surface area contributed by atoms with Crippen LogP contribution < -0.4 is 10.4 Å². The Kier molecular flexibility index (Phi) is 4.09. The molecule has 2 fully saturated rings. The standard InChI is InChI=1S/C20H25NO3/c1-15(21-11-10-20(14-21)8-2-3-9-20)13-23-17-6-4-16-5-7-19(22)24-18(16)12-17/h4-7,12,15H,2-3,8-11,13-14H2,1H3. The first-order valence-corrected chi connectivity index (χ1v) is 9.04. The van der Waals surface area contributed by atoms with E-state index in [4.69, 9.17) is 9.15 Å². The third kappa shape index (κ3) is 3.07. The van der Waals surface area contributed by atoms with E-state index in [1.54, 1.807) is 6.07 Å². The van der Waals surface area contributed by atoms with Crippen LogP contribution in [0.4, 0.5) is 0 Å². The third-order valence-electron chi connectivity index (χ3n) is 5.84. The van der Waals surface area contributed by atoms with Crippen LogP contribution in [0.1, 0.15) is 39.0 Å². The van der Waals surface area contributed by atoms with Crippen LogP contribution in [0.25, 0.3) is 11.0 Å². The fraction of sp³-hybridized carbons (Fsp3) is 0.550. The van der Waals surface area contributed by atoms with Gasteiger partial charge in [-0.25, -0.2) is 4.79 Å². The van der Waals surface area contributed by atoms with E-state index in [0.717, 1.165) is 11.1 Å². The minimum Gasteiger partial charge on any atom is -0.492 e. The minimum absolute atomic E-state index is 0.327. The number of hydrogen-bond acceptors (Lipinski definition) is 4. The molecule has 2 aliphatic rings. The molecule has 1 aromatic heterocycles. The lowest BCUT2D eigenvalue weighted by atomic mass is 9.86. The second kappa shape index (κ2) is 6.25. The van der Waals surface area contributed by atoms with Gasteiger partial charge in [-0.3, -0.25) is 4.90 Å². The quantitative estimate of drug-likeness (QED) is 0.801. The molecule has 2 aromatic rings. The van der Waals surface area contributed by atoms with Gasteiger partial charge in [0.1, 0.15) is 17.9 Å². The van der Waals surface area contributed by atoms with Crippen molar-refractivity contribution in [1.82, 2.24) is 4.90 Å². The van der Waals surface area contributed by atoms with E-state index in [2.05, 4.69) is 11.8 Å². The highest BCUT2D eigenvalue weighted by atomic mass is 16.5. The monoisotopic (exact) mass is 327 g/mol. The average molecular weight is 327 g/mol. The van der Waals surface area contributed by atoms with Gasteiger partial charge in [0.25, 0.3) is 0 Å². The zero-order valence-electron chi connectivity index (χ0n) is 14.3. The van der Waals surface area contributed by atoms with E-state index in [1.165, 1.54) is 51.3 Å². The Morgan fingerprint density at radius 1 is 1.21 bits per heavy atom. The molecule has 24 heavy (non-hydrogen) atoms. The maximum atomic E-state index is 11.3. The predicted octanol–water partition coefficient (Wildman–Crippen LogP) is 3.83. The van der Waals surface area contributed by atoms with Gasteiger partial charge < -0.3 is 9.15 Å². The molecule has 1 saturated heterocycles. The van der Waals surface area contributed by atoms with E-state index in [0.29, 0.717) is 23.6 Å². The number of hydrogen-bond donors (Lipinski definition) is 0. The molecular formula is C20H25NO3. The number of benzene rings is 1. The molecule has 1 saturated carbocycles. The Labute approximate surface area is 142 Å². The Morgan fingerprint density at radius 2 is 2.00 bits per heavy atom. The summed E-state index contributed by atoms with van der Waals surface area (Å²) in [6, 6.07) is 9.31. The molecule has 4 nitrogen and oxygen atoms in total. The molecule has 0 amide bonds. The fourth-order valence-corrected chi connectivity index (χ4v) is 4.33. The zero-order valence-corrected chi connectivity index (χ0v) is 14.3. The number of fused-ring (bicyclic) bond motifs is 1. The summed E-state index contributed by atoms with van der Waals surface area (Å²) in [5.41, 5.74) is 0.853. The Hall–Kier alpha value is -1.81. The van der Waals surface area contributed by atoms with Crippen molar-refractivity contribution >= 4 is 11.0 Å². The molecule has 128 valence electrons. The molecule has 4 heteroatoms.